The number of nitrogens with zero attached hydrogens (tertiary/aromatic N) is 1. The Labute approximate surface area is 110 Å². The van der Waals surface area contributed by atoms with Crippen LogP contribution in [0, 0.1) is 22.2 Å². The number of carbonyl (C=O) groups excluding carboxylic acids is 1. The third-order valence-corrected chi connectivity index (χ3v) is 3.42. The summed E-state index contributed by atoms with van der Waals surface area (Å²) in [5, 5.41) is 12.6. The van der Waals surface area contributed by atoms with E-state index in [1.165, 1.54) is 6.42 Å². The summed E-state index contributed by atoms with van der Waals surface area (Å²) in [5.74, 6) is -0.0597. The number of Topliss-reactive ketones (excluding diaryl/α,β-unsaturated/α-hetero) is 1. The second-order valence-corrected chi connectivity index (χ2v) is 6.54. The summed E-state index contributed by atoms with van der Waals surface area (Å²) in [4.78, 5) is 12.2. The second kappa shape index (κ2) is 5.67. The first-order valence-electron chi connectivity index (χ1n) is 6.67. The Kier molecular flexibility index (Phi) is 4.70. The third-order valence-electron chi connectivity index (χ3n) is 3.42. The molecule has 1 fully saturated rings. The zero-order valence-corrected chi connectivity index (χ0v) is 12.0. The van der Waals surface area contributed by atoms with Crippen molar-refractivity contribution < 1.29 is 4.79 Å². The van der Waals surface area contributed by atoms with Crippen LogP contribution in [0.4, 0.5) is 0 Å². The van der Waals surface area contributed by atoms with Gasteiger partial charge in [0.05, 0.1) is 5.57 Å². The van der Waals surface area contributed by atoms with E-state index in [9.17, 15) is 10.1 Å². The Morgan fingerprint density at radius 2 is 2.06 bits per heavy atom. The molecule has 1 aliphatic rings. The number of allylic oxidation sites excluding steroid dienone is 1. The van der Waals surface area contributed by atoms with Crippen LogP contribution in [0.1, 0.15) is 47.0 Å². The SMILES string of the molecule is CC(C)(C)C(=O)/C(C#N)=C\[C@]1(C)CCCCNC1. The molecule has 1 rings (SSSR count). The van der Waals surface area contributed by atoms with Gasteiger partial charge in [-0.3, -0.25) is 4.79 Å². The summed E-state index contributed by atoms with van der Waals surface area (Å²) in [6.45, 7) is 9.56. The molecule has 1 saturated heterocycles. The lowest BCUT2D eigenvalue weighted by Gasteiger charge is -2.25. The highest BCUT2D eigenvalue weighted by Gasteiger charge is 2.29. The molecule has 1 aliphatic heterocycles. The quantitative estimate of drug-likeness (QED) is 0.604. The van der Waals surface area contributed by atoms with Gasteiger partial charge in [0.2, 0.25) is 0 Å². The fraction of sp³-hybridized carbons (Fsp3) is 0.733. The standard InChI is InChI=1S/C15H24N2O/c1-14(2,3)13(18)12(10-16)9-15(4)7-5-6-8-17-11-15/h9,17H,5-8,11H2,1-4H3/b12-9-/t15-/m0/s1. The van der Waals surface area contributed by atoms with E-state index in [0.717, 1.165) is 25.9 Å². The van der Waals surface area contributed by atoms with Gasteiger partial charge < -0.3 is 5.32 Å². The summed E-state index contributed by atoms with van der Waals surface area (Å²) in [7, 11) is 0. The van der Waals surface area contributed by atoms with Crippen LogP contribution in [0.3, 0.4) is 0 Å². The highest BCUT2D eigenvalue weighted by molar-refractivity contribution is 6.02. The van der Waals surface area contributed by atoms with E-state index in [1.54, 1.807) is 0 Å². The summed E-state index contributed by atoms with van der Waals surface area (Å²) < 4.78 is 0. The van der Waals surface area contributed by atoms with Crippen molar-refractivity contribution >= 4 is 5.78 Å². The maximum atomic E-state index is 12.2. The first-order valence-corrected chi connectivity index (χ1v) is 6.67. The average molecular weight is 248 g/mol. The molecule has 0 bridgehead atoms. The number of nitrogens with one attached hydrogen (secondary N) is 1. The Hall–Kier alpha value is -1.14. The Morgan fingerprint density at radius 1 is 1.39 bits per heavy atom. The minimum atomic E-state index is -0.490. The molecule has 0 aromatic heterocycles. The molecule has 0 unspecified atom stereocenters. The molecule has 1 heterocycles. The Morgan fingerprint density at radius 3 is 2.61 bits per heavy atom. The van der Waals surface area contributed by atoms with E-state index in [1.807, 2.05) is 26.8 Å². The van der Waals surface area contributed by atoms with Crippen molar-refractivity contribution in [3.8, 4) is 6.07 Å². The van der Waals surface area contributed by atoms with E-state index in [2.05, 4.69) is 18.3 Å². The zero-order valence-electron chi connectivity index (χ0n) is 12.0. The number of ketones is 1. The molecule has 0 spiro atoms. The van der Waals surface area contributed by atoms with Gasteiger partial charge in [-0.1, -0.05) is 40.2 Å². The molecule has 0 aromatic rings. The monoisotopic (exact) mass is 248 g/mol. The maximum absolute atomic E-state index is 12.2. The predicted molar refractivity (Wildman–Crippen MR) is 73.0 cm³/mol. The zero-order chi connectivity index (χ0) is 13.8. The number of hydrogen-bond acceptors (Lipinski definition) is 3. The van der Waals surface area contributed by atoms with Crippen molar-refractivity contribution in [2.45, 2.75) is 47.0 Å². The lowest BCUT2D eigenvalue weighted by Crippen LogP contribution is -2.30. The molecule has 1 N–H and O–H groups in total. The lowest BCUT2D eigenvalue weighted by molar-refractivity contribution is -0.122. The Bertz CT molecular complexity index is 374. The van der Waals surface area contributed by atoms with Crippen LogP contribution in [0.15, 0.2) is 11.6 Å². The average Bonchev–Trinajstić information content (AvgIpc) is 2.49. The molecular formula is C15H24N2O. The van der Waals surface area contributed by atoms with Crippen LogP contribution >= 0.6 is 0 Å². The van der Waals surface area contributed by atoms with Gasteiger partial charge >= 0.3 is 0 Å². The smallest absolute Gasteiger partial charge is 0.178 e. The predicted octanol–water partition coefficient (Wildman–Crippen LogP) is 2.83. The van der Waals surface area contributed by atoms with Gasteiger partial charge in [0, 0.05) is 12.0 Å². The minimum absolute atomic E-state index is 0.0597. The van der Waals surface area contributed by atoms with Crippen molar-refractivity contribution in [1.29, 1.82) is 5.26 Å². The van der Waals surface area contributed by atoms with Crippen molar-refractivity contribution in [2.24, 2.45) is 10.8 Å². The molecular weight excluding hydrogens is 224 g/mol. The van der Waals surface area contributed by atoms with E-state index >= 15 is 0 Å². The van der Waals surface area contributed by atoms with Crippen LogP contribution in [-0.4, -0.2) is 18.9 Å². The molecule has 0 amide bonds. The van der Waals surface area contributed by atoms with Crippen LogP contribution in [0.5, 0.6) is 0 Å². The molecule has 3 heteroatoms. The van der Waals surface area contributed by atoms with E-state index in [0.29, 0.717) is 5.57 Å². The van der Waals surface area contributed by atoms with Crippen LogP contribution < -0.4 is 5.32 Å². The largest absolute Gasteiger partial charge is 0.316 e. The first-order chi connectivity index (χ1) is 8.28. The molecule has 1 atom stereocenters. The van der Waals surface area contributed by atoms with Crippen LogP contribution in [-0.2, 0) is 4.79 Å². The van der Waals surface area contributed by atoms with Crippen molar-refractivity contribution in [1.82, 2.24) is 5.32 Å². The highest BCUT2D eigenvalue weighted by Crippen LogP contribution is 2.30. The van der Waals surface area contributed by atoms with E-state index in [4.69, 9.17) is 0 Å². The minimum Gasteiger partial charge on any atom is -0.316 e. The lowest BCUT2D eigenvalue weighted by atomic mass is 9.80. The summed E-state index contributed by atoms with van der Waals surface area (Å²) in [5.41, 5.74) is -0.257. The summed E-state index contributed by atoms with van der Waals surface area (Å²) in [6.07, 6.45) is 5.22. The molecule has 100 valence electrons. The van der Waals surface area contributed by atoms with Crippen LogP contribution in [0.25, 0.3) is 0 Å². The number of carbonyl (C=O) groups is 1. The maximum Gasteiger partial charge on any atom is 0.178 e. The fourth-order valence-electron chi connectivity index (χ4n) is 2.27. The van der Waals surface area contributed by atoms with Gasteiger partial charge in [-0.25, -0.2) is 0 Å². The van der Waals surface area contributed by atoms with E-state index in [-0.39, 0.29) is 11.2 Å². The van der Waals surface area contributed by atoms with E-state index < -0.39 is 5.41 Å². The fourth-order valence-corrected chi connectivity index (χ4v) is 2.27. The summed E-state index contributed by atoms with van der Waals surface area (Å²) in [6, 6.07) is 2.09. The molecule has 3 nitrogen and oxygen atoms in total. The number of rotatable bonds is 2. The van der Waals surface area contributed by atoms with Crippen LogP contribution in [0.2, 0.25) is 0 Å². The molecule has 0 aromatic carbocycles. The van der Waals surface area contributed by atoms with Gasteiger partial charge in [-0.15, -0.1) is 0 Å². The van der Waals surface area contributed by atoms with Gasteiger partial charge in [0.25, 0.3) is 0 Å². The first kappa shape index (κ1) is 14.9. The van der Waals surface area contributed by atoms with Crippen molar-refractivity contribution in [3.05, 3.63) is 11.6 Å². The van der Waals surface area contributed by atoms with Gasteiger partial charge in [0.15, 0.2) is 5.78 Å². The normalized spacial score (nSPS) is 26.3. The molecule has 0 saturated carbocycles. The van der Waals surface area contributed by atoms with Gasteiger partial charge in [0.1, 0.15) is 6.07 Å². The summed E-state index contributed by atoms with van der Waals surface area (Å²) >= 11 is 0. The molecule has 18 heavy (non-hydrogen) atoms. The number of hydrogen-bond donors (Lipinski definition) is 1. The molecule has 0 aliphatic carbocycles. The Balaban J connectivity index is 2.97. The van der Waals surface area contributed by atoms with Gasteiger partial charge in [-0.2, -0.15) is 5.26 Å². The third kappa shape index (κ3) is 3.96. The molecule has 0 radical (unpaired) electrons. The number of nitriles is 1. The van der Waals surface area contributed by atoms with Crippen molar-refractivity contribution in [3.63, 3.8) is 0 Å². The second-order valence-electron chi connectivity index (χ2n) is 6.54. The van der Waals surface area contributed by atoms with Crippen molar-refractivity contribution in [2.75, 3.05) is 13.1 Å². The topological polar surface area (TPSA) is 52.9 Å². The van der Waals surface area contributed by atoms with Gasteiger partial charge in [-0.05, 0) is 24.8 Å². The highest BCUT2D eigenvalue weighted by atomic mass is 16.1.